The monoisotopic (exact) mass is 411 g/mol. The molecule has 3 rings (SSSR count). The van der Waals surface area contributed by atoms with Crippen molar-refractivity contribution in [2.75, 3.05) is 33.3 Å². The third-order valence-electron chi connectivity index (χ3n) is 5.40. The van der Waals surface area contributed by atoms with Crippen molar-refractivity contribution in [1.82, 2.24) is 21.0 Å². The van der Waals surface area contributed by atoms with E-state index >= 15 is 0 Å². The second-order valence-electron chi connectivity index (χ2n) is 7.43. The number of methoxy groups -OCH3 is 1. The van der Waals surface area contributed by atoms with E-state index in [2.05, 4.69) is 47.2 Å². The van der Waals surface area contributed by atoms with Crippen LogP contribution < -0.4 is 21.8 Å². The number of nitrogens with one attached hydrogen (secondary N) is 3. The van der Waals surface area contributed by atoms with Crippen molar-refractivity contribution in [2.24, 2.45) is 5.84 Å². The maximum absolute atomic E-state index is 12.6. The largest absolute Gasteiger partial charge is 0.483 e. The first-order chi connectivity index (χ1) is 14.6. The molecule has 30 heavy (non-hydrogen) atoms. The number of rotatable bonds is 9. The Morgan fingerprint density at radius 1 is 1.23 bits per heavy atom. The molecule has 0 fully saturated rings. The number of allylic oxidation sites excluding steroid dienone is 7. The summed E-state index contributed by atoms with van der Waals surface area (Å²) in [4.78, 5) is 12.6. The van der Waals surface area contributed by atoms with Crippen LogP contribution >= 0.6 is 0 Å². The number of hydrazine groups is 1. The molecule has 1 heterocycles. The van der Waals surface area contributed by atoms with Crippen LogP contribution in [0.25, 0.3) is 0 Å². The number of hydrogen-bond acceptors (Lipinski definition) is 6. The molecule has 1 amide bonds. The van der Waals surface area contributed by atoms with Crippen LogP contribution in [0.4, 0.5) is 0 Å². The van der Waals surface area contributed by atoms with E-state index in [-0.39, 0.29) is 5.91 Å². The maximum atomic E-state index is 12.6. The lowest BCUT2D eigenvalue weighted by Crippen LogP contribution is -2.38. The van der Waals surface area contributed by atoms with Gasteiger partial charge in [0.2, 0.25) is 5.91 Å². The third-order valence-corrected chi connectivity index (χ3v) is 5.40. The summed E-state index contributed by atoms with van der Waals surface area (Å²) < 4.78 is 5.24. The van der Waals surface area contributed by atoms with Crippen molar-refractivity contribution >= 4 is 5.91 Å². The Labute approximate surface area is 179 Å². The van der Waals surface area contributed by atoms with Gasteiger partial charge in [0.1, 0.15) is 0 Å². The van der Waals surface area contributed by atoms with Crippen LogP contribution in [0.1, 0.15) is 32.6 Å². The van der Waals surface area contributed by atoms with E-state index in [1.54, 1.807) is 12.1 Å². The zero-order chi connectivity index (χ0) is 21.3. The van der Waals surface area contributed by atoms with Crippen molar-refractivity contribution in [3.05, 3.63) is 70.5 Å². The standard InChI is InChI=1S/C23H33N5O2/c1-3-25-13-14-26-21(29)15-18-10-9-17-7-5-4-6-8-20(17)23(18)28(24)19-11-12-22(30-2)27-16-19/h5-8,11-12,25,27H,3-4,9-10,13-16,24H2,1-2H3,(H,26,29). The minimum Gasteiger partial charge on any atom is -0.483 e. The van der Waals surface area contributed by atoms with Gasteiger partial charge in [0.25, 0.3) is 0 Å². The normalized spacial score (nSPS) is 18.2. The summed E-state index contributed by atoms with van der Waals surface area (Å²) in [5.74, 6) is 7.38. The lowest BCUT2D eigenvalue weighted by molar-refractivity contribution is -0.120. The molecule has 7 nitrogen and oxygen atoms in total. The number of ether oxygens (including phenoxy) is 1. The zero-order valence-electron chi connectivity index (χ0n) is 18.0. The Hall–Kier alpha value is -2.77. The van der Waals surface area contributed by atoms with E-state index in [4.69, 9.17) is 10.6 Å². The molecule has 0 bridgehead atoms. The number of carbonyl (C=O) groups is 1. The summed E-state index contributed by atoms with van der Waals surface area (Å²) in [7, 11) is 1.63. The molecule has 0 saturated carbocycles. The fourth-order valence-corrected chi connectivity index (χ4v) is 3.83. The summed E-state index contributed by atoms with van der Waals surface area (Å²) in [5, 5.41) is 11.2. The van der Waals surface area contributed by atoms with Crippen molar-refractivity contribution < 1.29 is 9.53 Å². The minimum absolute atomic E-state index is 0.0308. The molecule has 0 saturated heterocycles. The number of amides is 1. The van der Waals surface area contributed by atoms with Crippen LogP contribution in [-0.4, -0.2) is 44.2 Å². The van der Waals surface area contributed by atoms with Gasteiger partial charge in [-0.3, -0.25) is 9.80 Å². The molecule has 1 aliphatic heterocycles. The van der Waals surface area contributed by atoms with Gasteiger partial charge in [0.05, 0.1) is 25.0 Å². The lowest BCUT2D eigenvalue weighted by Gasteiger charge is -2.33. The number of nitrogens with two attached hydrogens (primary N) is 1. The van der Waals surface area contributed by atoms with E-state index in [0.717, 1.165) is 54.9 Å². The number of hydrogen-bond donors (Lipinski definition) is 4. The first-order valence-corrected chi connectivity index (χ1v) is 10.6. The van der Waals surface area contributed by atoms with Gasteiger partial charge in [-0.15, -0.1) is 0 Å². The topological polar surface area (TPSA) is 91.7 Å². The fourth-order valence-electron chi connectivity index (χ4n) is 3.83. The third kappa shape index (κ3) is 5.43. The summed E-state index contributed by atoms with van der Waals surface area (Å²) in [5.41, 5.74) is 5.30. The van der Waals surface area contributed by atoms with E-state index in [1.165, 1.54) is 5.57 Å². The molecule has 0 aromatic rings. The van der Waals surface area contributed by atoms with Crippen LogP contribution in [0, 0.1) is 0 Å². The Bertz CT molecular complexity index is 833. The highest BCUT2D eigenvalue weighted by Gasteiger charge is 2.26. The molecular weight excluding hydrogens is 378 g/mol. The number of likely N-dealkylation sites (N-methyl/N-ethyl adjacent to an activating group) is 1. The SMILES string of the molecule is CCNCCNC(=O)CC1=C(N(N)C2=CC=C(OC)NC2)C2=C(C=CCC=C2)CC1. The Morgan fingerprint density at radius 2 is 2.07 bits per heavy atom. The second kappa shape index (κ2) is 10.8. The van der Waals surface area contributed by atoms with Crippen LogP contribution in [0.3, 0.4) is 0 Å². The molecule has 7 heteroatoms. The molecule has 0 unspecified atom stereocenters. The predicted molar refractivity (Wildman–Crippen MR) is 120 cm³/mol. The van der Waals surface area contributed by atoms with Gasteiger partial charge in [-0.25, -0.2) is 5.84 Å². The molecule has 2 aliphatic carbocycles. The van der Waals surface area contributed by atoms with Gasteiger partial charge in [-0.05, 0) is 49.1 Å². The van der Waals surface area contributed by atoms with Gasteiger partial charge in [-0.2, -0.15) is 0 Å². The first kappa shape index (κ1) is 21.9. The zero-order valence-corrected chi connectivity index (χ0v) is 18.0. The molecule has 0 spiro atoms. The first-order valence-electron chi connectivity index (χ1n) is 10.6. The minimum atomic E-state index is 0.0308. The highest BCUT2D eigenvalue weighted by Crippen LogP contribution is 2.37. The Morgan fingerprint density at radius 3 is 2.80 bits per heavy atom. The molecule has 0 aromatic carbocycles. The average Bonchev–Trinajstić information content (AvgIpc) is 3.02. The van der Waals surface area contributed by atoms with Gasteiger partial charge >= 0.3 is 0 Å². The number of dihydropyridines is 1. The van der Waals surface area contributed by atoms with Gasteiger partial charge < -0.3 is 20.7 Å². The number of carbonyl (C=O) groups excluding carboxylic acids is 1. The summed E-state index contributed by atoms with van der Waals surface area (Å²) in [6.07, 6.45) is 15.5. The maximum Gasteiger partial charge on any atom is 0.224 e. The molecule has 3 aliphatic rings. The van der Waals surface area contributed by atoms with Crippen LogP contribution in [-0.2, 0) is 9.53 Å². The summed E-state index contributed by atoms with van der Waals surface area (Å²) in [6.45, 7) is 4.90. The molecule has 0 atom stereocenters. The van der Waals surface area contributed by atoms with Crippen molar-refractivity contribution in [2.45, 2.75) is 32.6 Å². The van der Waals surface area contributed by atoms with Crippen molar-refractivity contribution in [3.8, 4) is 0 Å². The number of nitrogens with zero attached hydrogens (tertiary/aromatic N) is 1. The second-order valence-corrected chi connectivity index (χ2v) is 7.43. The predicted octanol–water partition coefficient (Wildman–Crippen LogP) is 2.11. The van der Waals surface area contributed by atoms with E-state index in [1.807, 2.05) is 12.2 Å². The van der Waals surface area contributed by atoms with Crippen LogP contribution in [0.15, 0.2) is 70.5 Å². The van der Waals surface area contributed by atoms with E-state index < -0.39 is 0 Å². The van der Waals surface area contributed by atoms with Crippen LogP contribution in [0.5, 0.6) is 0 Å². The van der Waals surface area contributed by atoms with Gasteiger partial charge in [-0.1, -0.05) is 31.2 Å². The molecule has 0 radical (unpaired) electrons. The molecular formula is C23H33N5O2. The van der Waals surface area contributed by atoms with E-state index in [0.29, 0.717) is 25.4 Å². The van der Waals surface area contributed by atoms with E-state index in [9.17, 15) is 4.79 Å². The average molecular weight is 412 g/mol. The highest BCUT2D eigenvalue weighted by molar-refractivity contribution is 5.79. The smallest absolute Gasteiger partial charge is 0.224 e. The lowest BCUT2D eigenvalue weighted by atomic mass is 9.87. The molecule has 0 aromatic heterocycles. The quantitative estimate of drug-likeness (QED) is 0.264. The van der Waals surface area contributed by atoms with Gasteiger partial charge in [0, 0.05) is 25.1 Å². The van der Waals surface area contributed by atoms with Gasteiger partial charge in [0.15, 0.2) is 5.88 Å². The molecule has 162 valence electrons. The van der Waals surface area contributed by atoms with Crippen LogP contribution in [0.2, 0.25) is 0 Å². The van der Waals surface area contributed by atoms with Crippen molar-refractivity contribution in [3.63, 3.8) is 0 Å². The summed E-state index contributed by atoms with van der Waals surface area (Å²) >= 11 is 0. The Balaban J connectivity index is 1.87. The fraction of sp³-hybridized carbons (Fsp3) is 0.435. The Kier molecular flexibility index (Phi) is 7.93. The summed E-state index contributed by atoms with van der Waals surface area (Å²) in [6, 6.07) is 0. The highest BCUT2D eigenvalue weighted by atomic mass is 16.5. The van der Waals surface area contributed by atoms with Crippen molar-refractivity contribution in [1.29, 1.82) is 0 Å². The molecule has 5 N–H and O–H groups in total.